The highest BCUT2D eigenvalue weighted by Crippen LogP contribution is 2.28. The molecule has 0 saturated heterocycles. The molecule has 1 aromatic heterocycles. The van der Waals surface area contributed by atoms with Crippen molar-refractivity contribution in [2.75, 3.05) is 0 Å². The summed E-state index contributed by atoms with van der Waals surface area (Å²) in [5, 5.41) is 0. The first-order chi connectivity index (χ1) is 11.2. The average Bonchev–Trinajstić information content (AvgIpc) is 3.13. The van der Waals surface area contributed by atoms with Crippen LogP contribution in [0.2, 0.25) is 0 Å². The lowest BCUT2D eigenvalue weighted by molar-refractivity contribution is 0.0978. The lowest BCUT2D eigenvalue weighted by Gasteiger charge is -2.17. The van der Waals surface area contributed by atoms with Gasteiger partial charge in [0.05, 0.1) is 5.69 Å². The van der Waals surface area contributed by atoms with Gasteiger partial charge in [-0.15, -0.1) is 0 Å². The number of hydrogen-bond donors (Lipinski definition) is 1. The van der Waals surface area contributed by atoms with E-state index in [0.717, 1.165) is 0 Å². The Kier molecular flexibility index (Phi) is 2.84. The summed E-state index contributed by atoms with van der Waals surface area (Å²) in [6, 6.07) is 14.8. The highest BCUT2D eigenvalue weighted by atomic mass is 16.1. The zero-order valence-electron chi connectivity index (χ0n) is 12.0. The first kappa shape index (κ1) is 13.4. The van der Waals surface area contributed by atoms with E-state index in [2.05, 4.69) is 4.98 Å². The number of carbonyl (C=O) groups is 3. The molecule has 3 aromatic rings. The number of H-pyrrole nitrogens is 1. The van der Waals surface area contributed by atoms with Crippen molar-refractivity contribution in [2.24, 2.45) is 0 Å². The third kappa shape index (κ3) is 1.96. The summed E-state index contributed by atoms with van der Waals surface area (Å²) < 4.78 is 0. The van der Waals surface area contributed by atoms with E-state index in [1.54, 1.807) is 54.7 Å². The van der Waals surface area contributed by atoms with Crippen molar-refractivity contribution in [3.05, 3.63) is 94.3 Å². The summed E-state index contributed by atoms with van der Waals surface area (Å²) in [5.41, 5.74) is 2.25. The number of aromatic nitrogens is 1. The van der Waals surface area contributed by atoms with Gasteiger partial charge >= 0.3 is 0 Å². The lowest BCUT2D eigenvalue weighted by Crippen LogP contribution is -2.21. The number of ketones is 3. The maximum atomic E-state index is 12.6. The molecule has 4 heteroatoms. The molecule has 1 heterocycles. The number of carbonyl (C=O) groups excluding carboxylic acids is 3. The Morgan fingerprint density at radius 1 is 0.739 bits per heavy atom. The van der Waals surface area contributed by atoms with Crippen molar-refractivity contribution < 1.29 is 14.4 Å². The predicted molar refractivity (Wildman–Crippen MR) is 84.0 cm³/mol. The van der Waals surface area contributed by atoms with Gasteiger partial charge in [0, 0.05) is 34.0 Å². The molecule has 0 spiro atoms. The molecule has 0 unspecified atom stereocenters. The molecule has 4 nitrogen and oxygen atoms in total. The van der Waals surface area contributed by atoms with Crippen molar-refractivity contribution in [1.29, 1.82) is 0 Å². The Bertz CT molecular complexity index is 968. The number of nitrogens with one attached hydrogen (secondary N) is 1. The highest BCUT2D eigenvalue weighted by molar-refractivity contribution is 6.29. The minimum Gasteiger partial charge on any atom is -0.359 e. The fourth-order valence-corrected chi connectivity index (χ4v) is 2.87. The van der Waals surface area contributed by atoms with E-state index in [1.165, 1.54) is 6.07 Å². The minimum atomic E-state index is -0.226. The minimum absolute atomic E-state index is 0.186. The molecule has 0 bridgehead atoms. The van der Waals surface area contributed by atoms with Gasteiger partial charge in [-0.1, -0.05) is 30.3 Å². The van der Waals surface area contributed by atoms with E-state index in [-0.39, 0.29) is 22.9 Å². The molecule has 0 radical (unpaired) electrons. The second kappa shape index (κ2) is 4.88. The van der Waals surface area contributed by atoms with E-state index < -0.39 is 0 Å². The van der Waals surface area contributed by atoms with Crippen LogP contribution in [0.25, 0.3) is 0 Å². The molecule has 110 valence electrons. The van der Waals surface area contributed by atoms with Crippen LogP contribution < -0.4 is 0 Å². The standard InChI is InChI=1S/C19H11NO3/c21-17(16-6-3-9-20-16)11-7-8-14-15(10-11)19(23)13-5-2-1-4-12(13)18(14)22/h1-10,20H. The number of fused-ring (bicyclic) bond motifs is 2. The molecule has 0 amide bonds. The molecule has 23 heavy (non-hydrogen) atoms. The largest absolute Gasteiger partial charge is 0.359 e. The number of hydrogen-bond acceptors (Lipinski definition) is 3. The van der Waals surface area contributed by atoms with Crippen molar-refractivity contribution in [3.8, 4) is 0 Å². The molecule has 0 atom stereocenters. The van der Waals surface area contributed by atoms with E-state index in [9.17, 15) is 14.4 Å². The van der Waals surface area contributed by atoms with E-state index in [1.807, 2.05) is 0 Å². The Hall–Kier alpha value is -3.27. The Balaban J connectivity index is 1.85. The van der Waals surface area contributed by atoms with Crippen LogP contribution in [0.1, 0.15) is 47.9 Å². The summed E-state index contributed by atoms with van der Waals surface area (Å²) >= 11 is 0. The van der Waals surface area contributed by atoms with E-state index in [4.69, 9.17) is 0 Å². The van der Waals surface area contributed by atoms with Gasteiger partial charge in [-0.2, -0.15) is 0 Å². The quantitative estimate of drug-likeness (QED) is 0.579. The van der Waals surface area contributed by atoms with Gasteiger partial charge in [0.2, 0.25) is 5.78 Å². The Labute approximate surface area is 131 Å². The van der Waals surface area contributed by atoms with Gasteiger partial charge < -0.3 is 4.98 Å². The summed E-state index contributed by atoms with van der Waals surface area (Å²) in [6.45, 7) is 0. The van der Waals surface area contributed by atoms with Gasteiger partial charge in [-0.3, -0.25) is 14.4 Å². The number of rotatable bonds is 2. The van der Waals surface area contributed by atoms with Gasteiger partial charge in [-0.25, -0.2) is 0 Å². The second-order valence-electron chi connectivity index (χ2n) is 5.38. The Morgan fingerprint density at radius 2 is 1.39 bits per heavy atom. The molecule has 4 rings (SSSR count). The molecule has 2 aromatic carbocycles. The smallest absolute Gasteiger partial charge is 0.209 e. The summed E-state index contributed by atoms with van der Waals surface area (Å²) in [7, 11) is 0. The zero-order valence-corrected chi connectivity index (χ0v) is 12.0. The molecule has 0 saturated carbocycles. The molecule has 1 aliphatic carbocycles. The maximum Gasteiger partial charge on any atom is 0.209 e. The fraction of sp³-hybridized carbons (Fsp3) is 0. The summed E-state index contributed by atoms with van der Waals surface area (Å²) in [4.78, 5) is 40.4. The maximum absolute atomic E-state index is 12.6. The number of benzene rings is 2. The van der Waals surface area contributed by atoms with Crippen molar-refractivity contribution in [2.45, 2.75) is 0 Å². The van der Waals surface area contributed by atoms with Crippen LogP contribution >= 0.6 is 0 Å². The molecule has 1 aliphatic rings. The highest BCUT2D eigenvalue weighted by Gasteiger charge is 2.30. The lowest BCUT2D eigenvalue weighted by atomic mass is 9.83. The van der Waals surface area contributed by atoms with Crippen LogP contribution in [0.5, 0.6) is 0 Å². The van der Waals surface area contributed by atoms with Gasteiger partial charge in [0.1, 0.15) is 0 Å². The van der Waals surface area contributed by atoms with Crippen molar-refractivity contribution >= 4 is 17.3 Å². The van der Waals surface area contributed by atoms with Crippen LogP contribution in [0.3, 0.4) is 0 Å². The topological polar surface area (TPSA) is 67.0 Å². The van der Waals surface area contributed by atoms with Crippen molar-refractivity contribution in [1.82, 2.24) is 4.98 Å². The van der Waals surface area contributed by atoms with Gasteiger partial charge in [-0.05, 0) is 24.3 Å². The first-order valence-electron chi connectivity index (χ1n) is 7.17. The van der Waals surface area contributed by atoms with Crippen LogP contribution in [0.15, 0.2) is 60.8 Å². The van der Waals surface area contributed by atoms with Crippen molar-refractivity contribution in [3.63, 3.8) is 0 Å². The normalized spacial score (nSPS) is 12.7. The summed E-state index contributed by atoms with van der Waals surface area (Å²) in [5.74, 6) is -0.623. The molecular formula is C19H11NO3. The monoisotopic (exact) mass is 301 g/mol. The van der Waals surface area contributed by atoms with Crippen LogP contribution in [-0.2, 0) is 0 Å². The van der Waals surface area contributed by atoms with Crippen LogP contribution in [0, 0.1) is 0 Å². The Morgan fingerprint density at radius 3 is 2.04 bits per heavy atom. The molecule has 0 fully saturated rings. The van der Waals surface area contributed by atoms with E-state index in [0.29, 0.717) is 27.9 Å². The van der Waals surface area contributed by atoms with Gasteiger partial charge in [0.25, 0.3) is 0 Å². The SMILES string of the molecule is O=C(c1ccc2c(c1)C(=O)c1ccccc1C2=O)c1ccc[nH]1. The van der Waals surface area contributed by atoms with E-state index >= 15 is 0 Å². The summed E-state index contributed by atoms with van der Waals surface area (Å²) in [6.07, 6.45) is 1.66. The number of aromatic amines is 1. The van der Waals surface area contributed by atoms with Crippen LogP contribution in [-0.4, -0.2) is 22.3 Å². The van der Waals surface area contributed by atoms with Crippen LogP contribution in [0.4, 0.5) is 0 Å². The zero-order chi connectivity index (χ0) is 16.0. The molecule has 1 N–H and O–H groups in total. The third-order valence-electron chi connectivity index (χ3n) is 4.03. The third-order valence-corrected chi connectivity index (χ3v) is 4.03. The molecule has 0 aliphatic heterocycles. The second-order valence-corrected chi connectivity index (χ2v) is 5.38. The molecular weight excluding hydrogens is 290 g/mol. The first-order valence-corrected chi connectivity index (χ1v) is 7.17. The fourth-order valence-electron chi connectivity index (χ4n) is 2.87. The average molecular weight is 301 g/mol. The van der Waals surface area contributed by atoms with Gasteiger partial charge in [0.15, 0.2) is 11.6 Å². The predicted octanol–water partition coefficient (Wildman–Crippen LogP) is 3.02.